The maximum Gasteiger partial charge on any atom is 0.174 e. The number of H-pyrrole nitrogens is 2. The summed E-state index contributed by atoms with van der Waals surface area (Å²) in [6, 6.07) is 22.4. The van der Waals surface area contributed by atoms with Gasteiger partial charge in [-0.15, -0.1) is 0 Å². The molecule has 4 nitrogen and oxygen atoms in total. The summed E-state index contributed by atoms with van der Waals surface area (Å²) in [5.74, 6) is 2.30. The van der Waals surface area contributed by atoms with Crippen LogP contribution in [0.15, 0.2) is 77.3 Å². The fourth-order valence-electron chi connectivity index (χ4n) is 3.28. The molecule has 0 radical (unpaired) electrons. The van der Waals surface area contributed by atoms with E-state index in [1.165, 1.54) is 5.39 Å². The van der Waals surface area contributed by atoms with E-state index in [1.807, 2.05) is 43.5 Å². The van der Waals surface area contributed by atoms with Crippen molar-refractivity contribution in [3.8, 4) is 34.2 Å². The van der Waals surface area contributed by atoms with Crippen molar-refractivity contribution >= 4 is 10.9 Å². The first kappa shape index (κ1) is 14.8. The lowest BCUT2D eigenvalue weighted by molar-refractivity contribution is 0.593. The number of furan rings is 1. The van der Waals surface area contributed by atoms with Gasteiger partial charge in [0.05, 0.1) is 5.69 Å². The van der Waals surface area contributed by atoms with Crippen molar-refractivity contribution < 1.29 is 4.42 Å². The highest BCUT2D eigenvalue weighted by Gasteiger charge is 2.14. The molecule has 5 rings (SSSR count). The van der Waals surface area contributed by atoms with E-state index in [0.717, 1.165) is 45.4 Å². The topological polar surface area (TPSA) is 57.6 Å². The first-order chi connectivity index (χ1) is 12.8. The zero-order valence-electron chi connectivity index (χ0n) is 14.3. The van der Waals surface area contributed by atoms with Crippen molar-refractivity contribution in [3.63, 3.8) is 0 Å². The molecular weight excluding hydrogens is 322 g/mol. The average Bonchev–Trinajstić information content (AvgIpc) is 3.40. The fourth-order valence-corrected chi connectivity index (χ4v) is 3.28. The Labute approximate surface area is 150 Å². The van der Waals surface area contributed by atoms with Gasteiger partial charge in [-0.3, -0.25) is 0 Å². The van der Waals surface area contributed by atoms with E-state index in [2.05, 4.69) is 46.4 Å². The molecule has 5 aromatic rings. The predicted octanol–water partition coefficient (Wildman–Crippen LogP) is 5.79. The van der Waals surface area contributed by atoms with Crippen LogP contribution < -0.4 is 0 Å². The summed E-state index contributed by atoms with van der Waals surface area (Å²) in [5, 5.41) is 1.19. The molecule has 2 aromatic carbocycles. The van der Waals surface area contributed by atoms with Crippen molar-refractivity contribution in [3.05, 3.63) is 78.6 Å². The first-order valence-electron chi connectivity index (χ1n) is 8.58. The second-order valence-electron chi connectivity index (χ2n) is 6.37. The molecule has 0 saturated heterocycles. The van der Waals surface area contributed by atoms with Gasteiger partial charge in [0.15, 0.2) is 11.6 Å². The zero-order valence-corrected chi connectivity index (χ0v) is 14.3. The number of hydrogen-bond acceptors (Lipinski definition) is 2. The van der Waals surface area contributed by atoms with Crippen molar-refractivity contribution in [1.29, 1.82) is 0 Å². The zero-order chi connectivity index (χ0) is 17.5. The molecule has 0 spiro atoms. The predicted molar refractivity (Wildman–Crippen MR) is 104 cm³/mol. The Morgan fingerprint density at radius 3 is 2.58 bits per heavy atom. The van der Waals surface area contributed by atoms with Gasteiger partial charge < -0.3 is 14.4 Å². The number of rotatable bonds is 3. The minimum Gasteiger partial charge on any atom is -0.453 e. The summed E-state index contributed by atoms with van der Waals surface area (Å²) in [4.78, 5) is 11.3. The number of imidazole rings is 1. The van der Waals surface area contributed by atoms with Crippen LogP contribution in [0.2, 0.25) is 0 Å². The average molecular weight is 339 g/mol. The summed E-state index contributed by atoms with van der Waals surface area (Å²) >= 11 is 0. The molecule has 126 valence electrons. The molecule has 0 fully saturated rings. The second kappa shape index (κ2) is 5.77. The van der Waals surface area contributed by atoms with Crippen molar-refractivity contribution in [2.24, 2.45) is 0 Å². The van der Waals surface area contributed by atoms with Gasteiger partial charge in [0.2, 0.25) is 0 Å². The Hall–Kier alpha value is -3.53. The minimum absolute atomic E-state index is 0.733. The molecule has 2 N–H and O–H groups in total. The number of nitrogens with one attached hydrogen (secondary N) is 2. The van der Waals surface area contributed by atoms with Crippen LogP contribution in [0.5, 0.6) is 0 Å². The maximum atomic E-state index is 6.08. The van der Waals surface area contributed by atoms with Gasteiger partial charge in [-0.2, -0.15) is 0 Å². The Balaban J connectivity index is 1.52. The lowest BCUT2D eigenvalue weighted by atomic mass is 10.1. The van der Waals surface area contributed by atoms with E-state index in [4.69, 9.17) is 9.40 Å². The van der Waals surface area contributed by atoms with Gasteiger partial charge in [0.1, 0.15) is 5.76 Å². The minimum atomic E-state index is 0.733. The molecule has 0 unspecified atom stereocenters. The van der Waals surface area contributed by atoms with Gasteiger partial charge in [-0.25, -0.2) is 4.98 Å². The van der Waals surface area contributed by atoms with Crippen LogP contribution in [-0.2, 0) is 0 Å². The van der Waals surface area contributed by atoms with Crippen LogP contribution in [0.4, 0.5) is 0 Å². The van der Waals surface area contributed by atoms with Crippen LogP contribution in [-0.4, -0.2) is 15.0 Å². The van der Waals surface area contributed by atoms with Crippen molar-refractivity contribution in [2.75, 3.05) is 0 Å². The third-order valence-electron chi connectivity index (χ3n) is 4.61. The van der Waals surface area contributed by atoms with Gasteiger partial charge in [-0.1, -0.05) is 42.5 Å². The van der Waals surface area contributed by atoms with E-state index in [9.17, 15) is 0 Å². The summed E-state index contributed by atoms with van der Waals surface area (Å²) in [5.41, 5.74) is 5.21. The summed E-state index contributed by atoms with van der Waals surface area (Å²) in [7, 11) is 0. The molecule has 0 bridgehead atoms. The smallest absolute Gasteiger partial charge is 0.174 e. The molecule has 0 aliphatic rings. The lowest BCUT2D eigenvalue weighted by Gasteiger charge is -1.98. The van der Waals surface area contributed by atoms with E-state index in [1.54, 1.807) is 0 Å². The Kier molecular flexibility index (Phi) is 3.28. The highest BCUT2D eigenvalue weighted by atomic mass is 16.3. The van der Waals surface area contributed by atoms with Crippen LogP contribution in [0.25, 0.3) is 45.1 Å². The van der Waals surface area contributed by atoms with E-state index < -0.39 is 0 Å². The quantitative estimate of drug-likeness (QED) is 0.437. The van der Waals surface area contributed by atoms with Gasteiger partial charge in [-0.05, 0) is 36.6 Å². The molecule has 3 heterocycles. The Morgan fingerprint density at radius 1 is 0.846 bits per heavy atom. The summed E-state index contributed by atoms with van der Waals surface area (Å²) in [6.07, 6.45) is 1.94. The highest BCUT2D eigenvalue weighted by molar-refractivity contribution is 5.84. The molecule has 0 aliphatic heterocycles. The third-order valence-corrected chi connectivity index (χ3v) is 4.61. The van der Waals surface area contributed by atoms with Crippen molar-refractivity contribution in [2.45, 2.75) is 6.92 Å². The molecule has 0 amide bonds. The van der Waals surface area contributed by atoms with Crippen LogP contribution >= 0.6 is 0 Å². The van der Waals surface area contributed by atoms with Gasteiger partial charge in [0, 0.05) is 28.5 Å². The number of aryl methyl sites for hydroxylation is 1. The number of nitrogens with zero attached hydrogens (tertiary/aromatic N) is 1. The number of aromatic amines is 2. The molecule has 0 saturated carbocycles. The highest BCUT2D eigenvalue weighted by Crippen LogP contribution is 2.31. The summed E-state index contributed by atoms with van der Waals surface area (Å²) < 4.78 is 6.08. The molecule has 3 aromatic heterocycles. The number of hydrogen-bond donors (Lipinski definition) is 2. The monoisotopic (exact) mass is 339 g/mol. The third kappa shape index (κ3) is 2.43. The summed E-state index contributed by atoms with van der Waals surface area (Å²) in [6.45, 7) is 2.03. The fraction of sp³-hybridized carbons (Fsp3) is 0.0455. The van der Waals surface area contributed by atoms with E-state index >= 15 is 0 Å². The number of aromatic nitrogens is 3. The number of benzene rings is 2. The lowest BCUT2D eigenvalue weighted by Crippen LogP contribution is -1.79. The number of fused-ring (bicyclic) bond motifs is 1. The normalized spacial score (nSPS) is 11.3. The maximum absolute atomic E-state index is 6.08. The molecule has 4 heteroatoms. The molecule has 26 heavy (non-hydrogen) atoms. The SMILES string of the molecule is Cc1[nH]c(-c2ccc(-c3ccc4cc[nH]c4c3)o2)nc1-c1ccccc1. The second-order valence-corrected chi connectivity index (χ2v) is 6.37. The standard InChI is InChI=1S/C22H17N3O/c1-14-21(16-5-3-2-4-6-16)25-22(24-14)20-10-9-19(26-20)17-8-7-15-11-12-23-18(15)13-17/h2-13,23H,1H3,(H,24,25). The van der Waals surface area contributed by atoms with E-state index in [0.29, 0.717) is 0 Å². The first-order valence-corrected chi connectivity index (χ1v) is 8.58. The van der Waals surface area contributed by atoms with Crippen molar-refractivity contribution in [1.82, 2.24) is 15.0 Å². The largest absolute Gasteiger partial charge is 0.453 e. The van der Waals surface area contributed by atoms with E-state index in [-0.39, 0.29) is 0 Å². The molecule has 0 atom stereocenters. The molecular formula is C22H17N3O. The van der Waals surface area contributed by atoms with Gasteiger partial charge in [0.25, 0.3) is 0 Å². The van der Waals surface area contributed by atoms with Crippen LogP contribution in [0.3, 0.4) is 0 Å². The van der Waals surface area contributed by atoms with Crippen LogP contribution in [0.1, 0.15) is 5.69 Å². The molecule has 0 aliphatic carbocycles. The van der Waals surface area contributed by atoms with Gasteiger partial charge >= 0.3 is 0 Å². The Bertz CT molecular complexity index is 1190. The Morgan fingerprint density at radius 2 is 1.69 bits per heavy atom. The van der Waals surface area contributed by atoms with Crippen LogP contribution in [0, 0.1) is 6.92 Å².